The molecule has 0 aliphatic rings. The number of carbonyl (C=O) groups is 1. The van der Waals surface area contributed by atoms with E-state index in [-0.39, 0.29) is 11.7 Å². The number of amides is 1. The fourth-order valence-corrected chi connectivity index (χ4v) is 4.63. The topological polar surface area (TPSA) is 59.8 Å². The molecule has 2 aromatic carbocycles. The molecule has 1 N–H and O–H groups in total. The number of nitrogens with zero attached hydrogens (tertiary/aromatic N) is 3. The molecule has 2 aromatic heterocycles. The second-order valence-corrected chi connectivity index (χ2v) is 8.25. The van der Waals surface area contributed by atoms with Gasteiger partial charge in [-0.2, -0.15) is 0 Å². The van der Waals surface area contributed by atoms with Crippen LogP contribution in [-0.2, 0) is 18.3 Å². The second-order valence-electron chi connectivity index (χ2n) is 6.40. The Morgan fingerprint density at radius 1 is 1.14 bits per heavy atom. The van der Waals surface area contributed by atoms with Crippen molar-refractivity contribution in [3.63, 3.8) is 0 Å². The van der Waals surface area contributed by atoms with Gasteiger partial charge in [0.05, 0.1) is 5.75 Å². The van der Waals surface area contributed by atoms with Gasteiger partial charge in [-0.3, -0.25) is 4.79 Å². The average molecular weight is 409 g/mol. The summed E-state index contributed by atoms with van der Waals surface area (Å²) in [5.41, 5.74) is 3.13. The van der Waals surface area contributed by atoms with E-state index in [9.17, 15) is 4.79 Å². The van der Waals surface area contributed by atoms with Crippen LogP contribution in [0.25, 0.3) is 21.5 Å². The fraction of sp³-hybridized carbons (Fsp3) is 0.190. The van der Waals surface area contributed by atoms with Gasteiger partial charge < -0.3 is 9.88 Å². The number of thiophene rings is 1. The Labute approximate surface area is 171 Å². The number of fused-ring (bicyclic) bond motifs is 1. The molecule has 142 valence electrons. The van der Waals surface area contributed by atoms with Crippen molar-refractivity contribution in [3.8, 4) is 11.4 Å². The van der Waals surface area contributed by atoms with Gasteiger partial charge in [-0.05, 0) is 30.2 Å². The van der Waals surface area contributed by atoms with Crippen molar-refractivity contribution >= 4 is 44.8 Å². The minimum Gasteiger partial charge on any atom is -0.325 e. The van der Waals surface area contributed by atoms with Gasteiger partial charge in [0.15, 0.2) is 11.0 Å². The summed E-state index contributed by atoms with van der Waals surface area (Å²) in [4.78, 5) is 12.3. The number of aryl methyl sites for hydroxylation is 1. The van der Waals surface area contributed by atoms with Crippen molar-refractivity contribution in [1.82, 2.24) is 14.8 Å². The first-order chi connectivity index (χ1) is 13.7. The van der Waals surface area contributed by atoms with E-state index < -0.39 is 0 Å². The third-order valence-corrected chi connectivity index (χ3v) is 6.52. The molecule has 5 nitrogen and oxygen atoms in total. The van der Waals surface area contributed by atoms with Gasteiger partial charge in [0.1, 0.15) is 0 Å². The van der Waals surface area contributed by atoms with Crippen LogP contribution in [0, 0.1) is 0 Å². The number of benzene rings is 2. The largest absolute Gasteiger partial charge is 0.325 e. The first-order valence-corrected chi connectivity index (χ1v) is 10.9. The van der Waals surface area contributed by atoms with Crippen LogP contribution in [0.2, 0.25) is 0 Å². The van der Waals surface area contributed by atoms with Crippen molar-refractivity contribution < 1.29 is 4.79 Å². The monoisotopic (exact) mass is 408 g/mol. The van der Waals surface area contributed by atoms with Crippen molar-refractivity contribution in [2.75, 3.05) is 11.1 Å². The molecule has 28 heavy (non-hydrogen) atoms. The highest BCUT2D eigenvalue weighted by Gasteiger charge is 2.16. The predicted molar refractivity (Wildman–Crippen MR) is 117 cm³/mol. The molecule has 0 saturated heterocycles. The zero-order chi connectivity index (χ0) is 19.5. The highest BCUT2D eigenvalue weighted by atomic mass is 32.2. The molecule has 0 spiro atoms. The molecule has 0 atom stereocenters. The minimum absolute atomic E-state index is 0.0558. The molecule has 2 heterocycles. The summed E-state index contributed by atoms with van der Waals surface area (Å²) in [7, 11) is 1.94. The molecule has 4 rings (SSSR count). The van der Waals surface area contributed by atoms with E-state index in [1.807, 2.05) is 48.0 Å². The van der Waals surface area contributed by atoms with E-state index in [0.717, 1.165) is 28.7 Å². The van der Waals surface area contributed by atoms with Crippen molar-refractivity contribution in [2.45, 2.75) is 18.5 Å². The van der Waals surface area contributed by atoms with Gasteiger partial charge in [0.25, 0.3) is 0 Å². The first-order valence-electron chi connectivity index (χ1n) is 9.03. The van der Waals surface area contributed by atoms with E-state index in [4.69, 9.17) is 0 Å². The first kappa shape index (κ1) is 18.7. The standard InChI is InChI=1S/C21H20N4OS2/c1-3-14-8-10-15(11-9-14)22-19(26)13-28-21-24-23-20(25(21)2)17-12-27-18-7-5-4-6-16(17)18/h4-12H,3,13H2,1-2H3,(H,22,26). The SMILES string of the molecule is CCc1ccc(NC(=O)CSc2nnc(-c3csc4ccccc34)n2C)cc1. The average Bonchev–Trinajstić information content (AvgIpc) is 3.30. The molecule has 0 saturated carbocycles. The molecule has 0 aliphatic heterocycles. The van der Waals surface area contributed by atoms with Crippen LogP contribution in [-0.4, -0.2) is 26.4 Å². The third kappa shape index (κ3) is 3.81. The van der Waals surface area contributed by atoms with Crippen molar-refractivity contribution in [1.29, 1.82) is 0 Å². The van der Waals surface area contributed by atoms with Crippen LogP contribution in [0.15, 0.2) is 59.1 Å². The van der Waals surface area contributed by atoms with Crippen LogP contribution in [0.1, 0.15) is 12.5 Å². The second kappa shape index (κ2) is 8.16. The van der Waals surface area contributed by atoms with Crippen LogP contribution < -0.4 is 5.32 Å². The summed E-state index contributed by atoms with van der Waals surface area (Å²) >= 11 is 3.08. The lowest BCUT2D eigenvalue weighted by atomic mass is 10.1. The lowest BCUT2D eigenvalue weighted by molar-refractivity contribution is -0.113. The molecule has 0 aliphatic carbocycles. The molecule has 1 amide bonds. The number of hydrogen-bond acceptors (Lipinski definition) is 5. The lowest BCUT2D eigenvalue weighted by Crippen LogP contribution is -2.14. The molecule has 0 bridgehead atoms. The fourth-order valence-electron chi connectivity index (χ4n) is 2.98. The number of rotatable bonds is 6. The van der Waals surface area contributed by atoms with Crippen molar-refractivity contribution in [2.24, 2.45) is 7.05 Å². The summed E-state index contributed by atoms with van der Waals surface area (Å²) in [6, 6.07) is 16.2. The summed E-state index contributed by atoms with van der Waals surface area (Å²) in [5, 5.41) is 15.6. The molecular weight excluding hydrogens is 388 g/mol. The number of carbonyl (C=O) groups excluding carboxylic acids is 1. The molecule has 0 fully saturated rings. The van der Waals surface area contributed by atoms with Crippen LogP contribution in [0.3, 0.4) is 0 Å². The number of hydrogen-bond donors (Lipinski definition) is 1. The number of aromatic nitrogens is 3. The van der Waals surface area contributed by atoms with E-state index in [1.165, 1.54) is 27.4 Å². The minimum atomic E-state index is -0.0558. The van der Waals surface area contributed by atoms with E-state index in [1.54, 1.807) is 11.3 Å². The van der Waals surface area contributed by atoms with Gasteiger partial charge in [-0.1, -0.05) is 49.0 Å². The smallest absolute Gasteiger partial charge is 0.234 e. The van der Waals surface area contributed by atoms with E-state index >= 15 is 0 Å². The quantitative estimate of drug-likeness (QED) is 0.457. The Bertz CT molecular complexity index is 1120. The van der Waals surface area contributed by atoms with E-state index in [0.29, 0.717) is 0 Å². The van der Waals surface area contributed by atoms with E-state index in [2.05, 4.69) is 40.0 Å². The Hall–Kier alpha value is -2.64. The Morgan fingerprint density at radius 3 is 2.71 bits per heavy atom. The van der Waals surface area contributed by atoms with Crippen LogP contribution >= 0.6 is 23.1 Å². The number of nitrogens with one attached hydrogen (secondary N) is 1. The molecule has 7 heteroatoms. The van der Waals surface area contributed by atoms with Gasteiger partial charge in [-0.25, -0.2) is 0 Å². The highest BCUT2D eigenvalue weighted by Crippen LogP contribution is 2.33. The van der Waals surface area contributed by atoms with Crippen LogP contribution in [0.5, 0.6) is 0 Å². The normalized spacial score (nSPS) is 11.1. The molecule has 4 aromatic rings. The van der Waals surface area contributed by atoms with Gasteiger partial charge >= 0.3 is 0 Å². The molecular formula is C21H20N4OS2. The number of thioether (sulfide) groups is 1. The maximum atomic E-state index is 12.3. The predicted octanol–water partition coefficient (Wildman–Crippen LogP) is 4.99. The summed E-state index contributed by atoms with van der Waals surface area (Å²) < 4.78 is 3.17. The maximum Gasteiger partial charge on any atom is 0.234 e. The van der Waals surface area contributed by atoms with Gasteiger partial charge in [0.2, 0.25) is 5.91 Å². The summed E-state index contributed by atoms with van der Waals surface area (Å²) in [6.45, 7) is 2.11. The maximum absolute atomic E-state index is 12.3. The zero-order valence-corrected chi connectivity index (χ0v) is 17.3. The van der Waals surface area contributed by atoms with Gasteiger partial charge in [0, 0.05) is 33.8 Å². The summed E-state index contributed by atoms with van der Waals surface area (Å²) in [6.07, 6.45) is 0.984. The Balaban J connectivity index is 1.44. The zero-order valence-electron chi connectivity index (χ0n) is 15.7. The van der Waals surface area contributed by atoms with Crippen molar-refractivity contribution in [3.05, 3.63) is 59.5 Å². The summed E-state index contributed by atoms with van der Waals surface area (Å²) in [5.74, 6) is 1.04. The molecule has 0 radical (unpaired) electrons. The number of anilines is 1. The Kier molecular flexibility index (Phi) is 5.45. The molecule has 0 unspecified atom stereocenters. The third-order valence-electron chi connectivity index (χ3n) is 4.54. The Morgan fingerprint density at radius 2 is 1.93 bits per heavy atom. The lowest BCUT2D eigenvalue weighted by Gasteiger charge is -2.06. The highest BCUT2D eigenvalue weighted by molar-refractivity contribution is 7.99. The van der Waals surface area contributed by atoms with Crippen LogP contribution in [0.4, 0.5) is 5.69 Å². The van der Waals surface area contributed by atoms with Gasteiger partial charge in [-0.15, -0.1) is 21.5 Å².